The van der Waals surface area contributed by atoms with Gasteiger partial charge in [0.2, 0.25) is 0 Å². The molecular weight excluding hydrogens is 174 g/mol. The highest BCUT2D eigenvalue weighted by molar-refractivity contribution is 5.32. The molecule has 0 saturated carbocycles. The average molecular weight is 191 g/mol. The van der Waals surface area contributed by atoms with Crippen LogP contribution in [-0.4, -0.2) is 19.7 Å². The lowest BCUT2D eigenvalue weighted by atomic mass is 10.0. The van der Waals surface area contributed by atoms with Gasteiger partial charge in [0.25, 0.3) is 0 Å². The summed E-state index contributed by atoms with van der Waals surface area (Å²) in [4.78, 5) is 0. The second-order valence-electron chi connectivity index (χ2n) is 3.92. The third-order valence-electron chi connectivity index (χ3n) is 2.71. The Bertz CT molecular complexity index is 316. The predicted molar refractivity (Wildman–Crippen MR) is 57.5 cm³/mol. The zero-order valence-corrected chi connectivity index (χ0v) is 8.84. The Morgan fingerprint density at radius 3 is 2.93 bits per heavy atom. The van der Waals surface area contributed by atoms with Crippen LogP contribution in [0.15, 0.2) is 18.2 Å². The van der Waals surface area contributed by atoms with E-state index < -0.39 is 0 Å². The summed E-state index contributed by atoms with van der Waals surface area (Å²) in [6.45, 7) is 7.00. The summed E-state index contributed by atoms with van der Waals surface area (Å²) < 4.78 is 5.74. The summed E-state index contributed by atoms with van der Waals surface area (Å²) >= 11 is 0. The summed E-state index contributed by atoms with van der Waals surface area (Å²) in [5.41, 5.74) is 3.96. The minimum absolute atomic E-state index is 0.239. The molecule has 1 fully saturated rings. The van der Waals surface area contributed by atoms with E-state index >= 15 is 0 Å². The molecule has 14 heavy (non-hydrogen) atoms. The standard InChI is InChI=1S/C12H17NO/c1-9-3-4-10(2)11(7-9)12-8-13-5-6-14-12/h3-4,7,12-13H,5-6,8H2,1-2H3/t12-/m0/s1. The third kappa shape index (κ3) is 1.97. The van der Waals surface area contributed by atoms with Crippen molar-refractivity contribution < 1.29 is 4.74 Å². The predicted octanol–water partition coefficient (Wildman–Crippen LogP) is 1.96. The lowest BCUT2D eigenvalue weighted by Crippen LogP contribution is -2.33. The fourth-order valence-corrected chi connectivity index (χ4v) is 1.87. The molecule has 0 bridgehead atoms. The van der Waals surface area contributed by atoms with Gasteiger partial charge in [-0.3, -0.25) is 0 Å². The van der Waals surface area contributed by atoms with Crippen molar-refractivity contribution in [2.75, 3.05) is 19.7 Å². The van der Waals surface area contributed by atoms with Gasteiger partial charge in [0.1, 0.15) is 0 Å². The van der Waals surface area contributed by atoms with Crippen molar-refractivity contribution in [1.29, 1.82) is 0 Å². The van der Waals surface area contributed by atoms with Gasteiger partial charge in [0, 0.05) is 13.1 Å². The van der Waals surface area contributed by atoms with Crippen molar-refractivity contribution in [2.45, 2.75) is 20.0 Å². The van der Waals surface area contributed by atoms with Crippen molar-refractivity contribution in [1.82, 2.24) is 5.32 Å². The van der Waals surface area contributed by atoms with Gasteiger partial charge in [0.15, 0.2) is 0 Å². The van der Waals surface area contributed by atoms with Crippen molar-refractivity contribution in [3.63, 3.8) is 0 Å². The van der Waals surface area contributed by atoms with E-state index in [0.717, 1.165) is 19.7 Å². The molecule has 2 rings (SSSR count). The van der Waals surface area contributed by atoms with Crippen LogP contribution in [0.2, 0.25) is 0 Å². The van der Waals surface area contributed by atoms with Crippen LogP contribution in [0, 0.1) is 13.8 Å². The van der Waals surface area contributed by atoms with Crippen LogP contribution in [0.1, 0.15) is 22.8 Å². The molecule has 2 nitrogen and oxygen atoms in total. The summed E-state index contributed by atoms with van der Waals surface area (Å²) in [7, 11) is 0. The van der Waals surface area contributed by atoms with E-state index in [1.54, 1.807) is 0 Å². The number of morpholine rings is 1. The van der Waals surface area contributed by atoms with E-state index in [1.807, 2.05) is 0 Å². The molecule has 0 unspecified atom stereocenters. The van der Waals surface area contributed by atoms with Crippen molar-refractivity contribution in [2.24, 2.45) is 0 Å². The van der Waals surface area contributed by atoms with Gasteiger partial charge >= 0.3 is 0 Å². The number of hydrogen-bond acceptors (Lipinski definition) is 2. The van der Waals surface area contributed by atoms with Crippen LogP contribution in [0.25, 0.3) is 0 Å². The molecule has 2 heteroatoms. The molecule has 0 radical (unpaired) electrons. The first-order valence-electron chi connectivity index (χ1n) is 5.17. The summed E-state index contributed by atoms with van der Waals surface area (Å²) in [6, 6.07) is 6.55. The number of ether oxygens (including phenoxy) is 1. The maximum absolute atomic E-state index is 5.74. The Morgan fingerprint density at radius 2 is 2.21 bits per heavy atom. The molecule has 1 aliphatic rings. The first kappa shape index (κ1) is 9.69. The van der Waals surface area contributed by atoms with Crippen molar-refractivity contribution in [3.05, 3.63) is 34.9 Å². The Kier molecular flexibility index (Phi) is 2.85. The van der Waals surface area contributed by atoms with E-state index in [0.29, 0.717) is 0 Å². The Labute approximate surface area is 85.3 Å². The van der Waals surface area contributed by atoms with Crippen molar-refractivity contribution in [3.8, 4) is 0 Å². The molecule has 0 amide bonds. The van der Waals surface area contributed by atoms with Crippen LogP contribution in [0.5, 0.6) is 0 Å². The zero-order chi connectivity index (χ0) is 9.97. The topological polar surface area (TPSA) is 21.3 Å². The fourth-order valence-electron chi connectivity index (χ4n) is 1.87. The minimum Gasteiger partial charge on any atom is -0.371 e. The number of nitrogens with one attached hydrogen (secondary N) is 1. The number of benzene rings is 1. The second-order valence-corrected chi connectivity index (χ2v) is 3.92. The van der Waals surface area contributed by atoms with E-state index in [-0.39, 0.29) is 6.10 Å². The average Bonchev–Trinajstić information content (AvgIpc) is 2.23. The highest BCUT2D eigenvalue weighted by Gasteiger charge is 2.17. The van der Waals surface area contributed by atoms with Gasteiger partial charge in [-0.05, 0) is 25.0 Å². The zero-order valence-electron chi connectivity index (χ0n) is 8.84. The number of rotatable bonds is 1. The summed E-state index contributed by atoms with van der Waals surface area (Å²) in [5, 5.41) is 3.35. The molecule has 76 valence electrons. The molecule has 1 saturated heterocycles. The maximum atomic E-state index is 5.74. The molecule has 1 aliphatic heterocycles. The van der Waals surface area contributed by atoms with Gasteiger partial charge < -0.3 is 10.1 Å². The molecule has 1 aromatic carbocycles. The molecule has 1 N–H and O–H groups in total. The molecule has 1 atom stereocenters. The van der Waals surface area contributed by atoms with E-state index in [1.165, 1.54) is 16.7 Å². The molecule has 0 aromatic heterocycles. The quantitative estimate of drug-likeness (QED) is 0.732. The van der Waals surface area contributed by atoms with Crippen LogP contribution in [0.4, 0.5) is 0 Å². The van der Waals surface area contributed by atoms with Gasteiger partial charge in [0.05, 0.1) is 12.7 Å². The SMILES string of the molecule is Cc1ccc(C)c([C@@H]2CNCCO2)c1. The first-order chi connectivity index (χ1) is 6.77. The van der Waals surface area contributed by atoms with Crippen molar-refractivity contribution >= 4 is 0 Å². The van der Waals surface area contributed by atoms with Gasteiger partial charge in [-0.15, -0.1) is 0 Å². The van der Waals surface area contributed by atoms with Crippen LogP contribution in [-0.2, 0) is 4.74 Å². The lowest BCUT2D eigenvalue weighted by Gasteiger charge is -2.25. The maximum Gasteiger partial charge on any atom is 0.0952 e. The van der Waals surface area contributed by atoms with Gasteiger partial charge in [-0.2, -0.15) is 0 Å². The Morgan fingerprint density at radius 1 is 1.36 bits per heavy atom. The van der Waals surface area contributed by atoms with Gasteiger partial charge in [-0.25, -0.2) is 0 Å². The molecule has 1 aromatic rings. The molecule has 0 aliphatic carbocycles. The lowest BCUT2D eigenvalue weighted by molar-refractivity contribution is 0.0273. The molecular formula is C12H17NO. The third-order valence-corrected chi connectivity index (χ3v) is 2.71. The normalized spacial score (nSPS) is 22.3. The number of aryl methyl sites for hydroxylation is 2. The second kappa shape index (κ2) is 4.11. The highest BCUT2D eigenvalue weighted by atomic mass is 16.5. The number of hydrogen-bond donors (Lipinski definition) is 1. The highest BCUT2D eigenvalue weighted by Crippen LogP contribution is 2.23. The smallest absolute Gasteiger partial charge is 0.0952 e. The fraction of sp³-hybridized carbons (Fsp3) is 0.500. The molecule has 1 heterocycles. The Hall–Kier alpha value is -0.860. The summed E-state index contributed by atoms with van der Waals surface area (Å²) in [5.74, 6) is 0. The van der Waals surface area contributed by atoms with Gasteiger partial charge in [-0.1, -0.05) is 23.8 Å². The van der Waals surface area contributed by atoms with Crippen LogP contribution < -0.4 is 5.32 Å². The summed E-state index contributed by atoms with van der Waals surface area (Å²) in [6.07, 6.45) is 0.239. The first-order valence-corrected chi connectivity index (χ1v) is 5.17. The monoisotopic (exact) mass is 191 g/mol. The van der Waals surface area contributed by atoms with Crippen LogP contribution in [0.3, 0.4) is 0 Å². The largest absolute Gasteiger partial charge is 0.371 e. The minimum atomic E-state index is 0.239. The van der Waals surface area contributed by atoms with Crippen LogP contribution >= 0.6 is 0 Å². The van der Waals surface area contributed by atoms with E-state index in [9.17, 15) is 0 Å². The van der Waals surface area contributed by atoms with E-state index in [2.05, 4.69) is 37.4 Å². The Balaban J connectivity index is 2.24. The van der Waals surface area contributed by atoms with E-state index in [4.69, 9.17) is 4.74 Å². The molecule has 0 spiro atoms.